The van der Waals surface area contributed by atoms with Crippen molar-refractivity contribution < 1.29 is 14.3 Å². The van der Waals surface area contributed by atoms with Crippen molar-refractivity contribution in [3.63, 3.8) is 0 Å². The van der Waals surface area contributed by atoms with E-state index in [0.29, 0.717) is 18.6 Å². The topological polar surface area (TPSA) is 43.4 Å². The minimum Gasteiger partial charge on any atom is -0.458 e. The molecular formula is C7H12O3. The highest BCUT2D eigenvalue weighted by Crippen LogP contribution is 1.99. The van der Waals surface area contributed by atoms with Crippen LogP contribution in [0.15, 0.2) is 0 Å². The Labute approximate surface area is 60.4 Å². The Bertz CT molecular complexity index is 118. The molecule has 0 radical (unpaired) electrons. The minimum atomic E-state index is -0.304. The summed E-state index contributed by atoms with van der Waals surface area (Å²) in [6.45, 7) is 3.72. The molecule has 58 valence electrons. The van der Waals surface area contributed by atoms with Crippen molar-refractivity contribution in [1.82, 2.24) is 0 Å². The molecule has 10 heavy (non-hydrogen) atoms. The standard InChI is InChI=1S/C7H12O3/c1-6(2)5-7(9)10-4-3-8/h3,6H,4-5H2,1-2H3. The van der Waals surface area contributed by atoms with Gasteiger partial charge in [0.25, 0.3) is 0 Å². The molecule has 0 saturated carbocycles. The van der Waals surface area contributed by atoms with Crippen LogP contribution in [0, 0.1) is 5.92 Å². The fourth-order valence-electron chi connectivity index (χ4n) is 0.519. The average molecular weight is 144 g/mol. The lowest BCUT2D eigenvalue weighted by Gasteiger charge is -2.02. The van der Waals surface area contributed by atoms with E-state index in [-0.39, 0.29) is 12.6 Å². The fourth-order valence-corrected chi connectivity index (χ4v) is 0.519. The van der Waals surface area contributed by atoms with Crippen LogP contribution < -0.4 is 0 Å². The lowest BCUT2D eigenvalue weighted by atomic mass is 10.1. The smallest absolute Gasteiger partial charge is 0.306 e. The molecule has 0 aliphatic heterocycles. The molecule has 0 spiro atoms. The van der Waals surface area contributed by atoms with Crippen LogP contribution in [-0.4, -0.2) is 18.9 Å². The molecule has 0 atom stereocenters. The maximum Gasteiger partial charge on any atom is 0.306 e. The summed E-state index contributed by atoms with van der Waals surface area (Å²) in [6, 6.07) is 0. The highest BCUT2D eigenvalue weighted by atomic mass is 16.5. The van der Waals surface area contributed by atoms with E-state index < -0.39 is 0 Å². The zero-order valence-corrected chi connectivity index (χ0v) is 6.29. The Morgan fingerprint density at radius 1 is 1.60 bits per heavy atom. The van der Waals surface area contributed by atoms with E-state index in [0.717, 1.165) is 0 Å². The Morgan fingerprint density at radius 3 is 2.60 bits per heavy atom. The van der Waals surface area contributed by atoms with Crippen LogP contribution in [0.5, 0.6) is 0 Å². The van der Waals surface area contributed by atoms with E-state index in [2.05, 4.69) is 4.74 Å². The Balaban J connectivity index is 3.34. The van der Waals surface area contributed by atoms with Gasteiger partial charge >= 0.3 is 5.97 Å². The number of aldehydes is 1. The first kappa shape index (κ1) is 9.14. The number of hydrogen-bond acceptors (Lipinski definition) is 3. The van der Waals surface area contributed by atoms with Crippen LogP contribution in [0.4, 0.5) is 0 Å². The van der Waals surface area contributed by atoms with Crippen LogP contribution >= 0.6 is 0 Å². The SMILES string of the molecule is CC(C)CC(=O)OCC=O. The monoisotopic (exact) mass is 144 g/mol. The van der Waals surface area contributed by atoms with Crippen molar-refractivity contribution in [2.45, 2.75) is 20.3 Å². The summed E-state index contributed by atoms with van der Waals surface area (Å²) in [7, 11) is 0. The van der Waals surface area contributed by atoms with Gasteiger partial charge in [0.1, 0.15) is 6.61 Å². The first-order valence-corrected chi connectivity index (χ1v) is 3.26. The van der Waals surface area contributed by atoms with Crippen LogP contribution in [0.25, 0.3) is 0 Å². The van der Waals surface area contributed by atoms with Gasteiger partial charge in [0.2, 0.25) is 0 Å². The number of ether oxygens (including phenoxy) is 1. The molecule has 0 saturated heterocycles. The van der Waals surface area contributed by atoms with Gasteiger partial charge in [-0.25, -0.2) is 0 Å². The van der Waals surface area contributed by atoms with Gasteiger partial charge in [0.05, 0.1) is 0 Å². The summed E-state index contributed by atoms with van der Waals surface area (Å²) in [4.78, 5) is 20.3. The van der Waals surface area contributed by atoms with E-state index in [1.54, 1.807) is 0 Å². The van der Waals surface area contributed by atoms with Gasteiger partial charge in [-0.1, -0.05) is 13.8 Å². The molecule has 0 aromatic carbocycles. The van der Waals surface area contributed by atoms with Crippen LogP contribution in [-0.2, 0) is 14.3 Å². The van der Waals surface area contributed by atoms with Crippen molar-refractivity contribution in [3.8, 4) is 0 Å². The quantitative estimate of drug-likeness (QED) is 0.432. The Morgan fingerprint density at radius 2 is 2.20 bits per heavy atom. The van der Waals surface area contributed by atoms with E-state index in [4.69, 9.17) is 0 Å². The molecule has 0 aromatic rings. The summed E-state index contributed by atoms with van der Waals surface area (Å²) in [5.74, 6) is -0.0127. The van der Waals surface area contributed by atoms with Gasteiger partial charge in [-0.15, -0.1) is 0 Å². The lowest BCUT2D eigenvalue weighted by Crippen LogP contribution is -2.08. The molecule has 0 aliphatic carbocycles. The number of rotatable bonds is 4. The molecule has 0 N–H and O–H groups in total. The van der Waals surface area contributed by atoms with E-state index >= 15 is 0 Å². The second kappa shape index (κ2) is 4.97. The third-order valence-electron chi connectivity index (χ3n) is 0.887. The molecule has 3 heteroatoms. The van der Waals surface area contributed by atoms with Gasteiger partial charge in [0.15, 0.2) is 6.29 Å². The minimum absolute atomic E-state index is 0.119. The maximum absolute atomic E-state index is 10.6. The molecule has 0 rings (SSSR count). The van der Waals surface area contributed by atoms with Gasteiger partial charge < -0.3 is 4.74 Å². The number of esters is 1. The number of carbonyl (C=O) groups is 2. The van der Waals surface area contributed by atoms with Gasteiger partial charge in [0, 0.05) is 6.42 Å². The Hall–Kier alpha value is -0.860. The zero-order valence-electron chi connectivity index (χ0n) is 6.29. The summed E-state index contributed by atoms with van der Waals surface area (Å²) < 4.78 is 4.50. The largest absolute Gasteiger partial charge is 0.458 e. The molecule has 0 unspecified atom stereocenters. The summed E-state index contributed by atoms with van der Waals surface area (Å²) >= 11 is 0. The Kier molecular flexibility index (Phi) is 4.54. The van der Waals surface area contributed by atoms with Crippen molar-refractivity contribution in [1.29, 1.82) is 0 Å². The second-order valence-corrected chi connectivity index (χ2v) is 2.45. The van der Waals surface area contributed by atoms with E-state index in [9.17, 15) is 9.59 Å². The lowest BCUT2D eigenvalue weighted by molar-refractivity contribution is -0.146. The molecule has 0 heterocycles. The third kappa shape index (κ3) is 5.28. The molecule has 0 aromatic heterocycles. The molecular weight excluding hydrogens is 132 g/mol. The van der Waals surface area contributed by atoms with E-state index in [1.165, 1.54) is 0 Å². The van der Waals surface area contributed by atoms with E-state index in [1.807, 2.05) is 13.8 Å². The summed E-state index contributed by atoms with van der Waals surface area (Å²) in [5.41, 5.74) is 0. The van der Waals surface area contributed by atoms with Crippen molar-refractivity contribution >= 4 is 12.3 Å². The third-order valence-corrected chi connectivity index (χ3v) is 0.887. The highest BCUT2D eigenvalue weighted by Gasteiger charge is 2.04. The average Bonchev–Trinajstić information content (AvgIpc) is 1.82. The van der Waals surface area contributed by atoms with Gasteiger partial charge in [-0.05, 0) is 5.92 Å². The fraction of sp³-hybridized carbons (Fsp3) is 0.714. The number of carbonyl (C=O) groups excluding carboxylic acids is 2. The molecule has 3 nitrogen and oxygen atoms in total. The van der Waals surface area contributed by atoms with Crippen LogP contribution in [0.2, 0.25) is 0 Å². The normalized spacial score (nSPS) is 9.50. The van der Waals surface area contributed by atoms with Crippen LogP contribution in [0.1, 0.15) is 20.3 Å². The molecule has 0 aliphatic rings. The highest BCUT2D eigenvalue weighted by molar-refractivity contribution is 5.71. The molecule has 0 amide bonds. The van der Waals surface area contributed by atoms with Gasteiger partial charge in [-0.3, -0.25) is 9.59 Å². The molecule has 0 bridgehead atoms. The molecule has 0 fully saturated rings. The van der Waals surface area contributed by atoms with Crippen molar-refractivity contribution in [2.24, 2.45) is 5.92 Å². The van der Waals surface area contributed by atoms with Crippen molar-refractivity contribution in [3.05, 3.63) is 0 Å². The van der Waals surface area contributed by atoms with Crippen molar-refractivity contribution in [2.75, 3.05) is 6.61 Å². The number of hydrogen-bond donors (Lipinski definition) is 0. The predicted octanol–water partition coefficient (Wildman–Crippen LogP) is 0.775. The second-order valence-electron chi connectivity index (χ2n) is 2.45. The first-order valence-electron chi connectivity index (χ1n) is 3.26. The maximum atomic E-state index is 10.6. The first-order chi connectivity index (χ1) is 4.66. The summed E-state index contributed by atoms with van der Waals surface area (Å²) in [5, 5.41) is 0. The van der Waals surface area contributed by atoms with Crippen LogP contribution in [0.3, 0.4) is 0 Å². The summed E-state index contributed by atoms with van der Waals surface area (Å²) in [6.07, 6.45) is 0.950. The predicted molar refractivity (Wildman–Crippen MR) is 36.5 cm³/mol. The van der Waals surface area contributed by atoms with Gasteiger partial charge in [-0.2, -0.15) is 0 Å². The zero-order chi connectivity index (χ0) is 7.98.